The van der Waals surface area contributed by atoms with Gasteiger partial charge in [0.25, 0.3) is 0 Å². The van der Waals surface area contributed by atoms with Crippen LogP contribution in [0.1, 0.15) is 58.8 Å². The fraction of sp³-hybridized carbons (Fsp3) is 0.882. The van der Waals surface area contributed by atoms with Crippen LogP contribution in [0.2, 0.25) is 0 Å². The second-order valence-electron chi connectivity index (χ2n) is 7.75. The van der Waals surface area contributed by atoms with Crippen LogP contribution in [0.15, 0.2) is 0 Å². The molecule has 118 valence electrons. The summed E-state index contributed by atoms with van der Waals surface area (Å²) in [5.74, 6) is -0.848. The Morgan fingerprint density at radius 2 is 1.67 bits per heavy atom. The molecule has 0 radical (unpaired) electrons. The van der Waals surface area contributed by atoms with Gasteiger partial charge in [0, 0.05) is 12.6 Å². The second-order valence-corrected chi connectivity index (χ2v) is 7.75. The van der Waals surface area contributed by atoms with Gasteiger partial charge in [-0.1, -0.05) is 33.1 Å². The van der Waals surface area contributed by atoms with Gasteiger partial charge in [-0.25, -0.2) is 0 Å². The van der Waals surface area contributed by atoms with E-state index in [2.05, 4.69) is 0 Å². The van der Waals surface area contributed by atoms with E-state index in [1.165, 1.54) is 32.1 Å². The van der Waals surface area contributed by atoms with Crippen molar-refractivity contribution in [3.05, 3.63) is 0 Å². The van der Waals surface area contributed by atoms with Crippen LogP contribution < -0.4 is 0 Å². The Kier molecular flexibility index (Phi) is 3.74. The molecule has 3 aliphatic rings. The van der Waals surface area contributed by atoms with Crippen molar-refractivity contribution in [3.8, 4) is 0 Å². The van der Waals surface area contributed by atoms with E-state index in [9.17, 15) is 14.7 Å². The van der Waals surface area contributed by atoms with E-state index in [1.807, 2.05) is 18.7 Å². The molecule has 21 heavy (non-hydrogen) atoms. The van der Waals surface area contributed by atoms with Crippen molar-refractivity contribution < 1.29 is 14.7 Å². The summed E-state index contributed by atoms with van der Waals surface area (Å²) in [5.41, 5.74) is -0.372. The topological polar surface area (TPSA) is 57.6 Å². The summed E-state index contributed by atoms with van der Waals surface area (Å²) in [5, 5.41) is 9.29. The van der Waals surface area contributed by atoms with E-state index >= 15 is 0 Å². The molecule has 0 aromatic carbocycles. The lowest BCUT2D eigenvalue weighted by Gasteiger charge is -2.34. The number of likely N-dealkylation sites (tertiary alicyclic amines) is 1. The molecule has 1 amide bonds. The number of carboxylic acids is 1. The lowest BCUT2D eigenvalue weighted by molar-refractivity contribution is -0.142. The highest BCUT2D eigenvalue weighted by molar-refractivity contribution is 5.92. The van der Waals surface area contributed by atoms with Crippen LogP contribution >= 0.6 is 0 Å². The molecular weight excluding hydrogens is 266 g/mol. The Hall–Kier alpha value is -1.06. The molecule has 1 heterocycles. The standard InChI is InChI=1S/C17H27NO3/c1-17(2)13(14(17)16(20)21)15(19)18-10-6-9-12(18)11-7-4-3-5-8-11/h11-14H,3-10H2,1-2H3,(H,20,21)/t12?,13-,14+/m1/s1. The smallest absolute Gasteiger partial charge is 0.307 e. The third kappa shape index (κ3) is 2.47. The number of amides is 1. The van der Waals surface area contributed by atoms with Gasteiger partial charge in [0.1, 0.15) is 0 Å². The maximum absolute atomic E-state index is 12.9. The number of carboxylic acid groups (broad SMARTS) is 1. The number of nitrogens with zero attached hydrogens (tertiary/aromatic N) is 1. The van der Waals surface area contributed by atoms with Crippen LogP contribution in [-0.2, 0) is 9.59 Å². The first-order chi connectivity index (χ1) is 9.94. The Bertz CT molecular complexity index is 439. The van der Waals surface area contributed by atoms with Crippen LogP contribution in [0, 0.1) is 23.2 Å². The van der Waals surface area contributed by atoms with E-state index < -0.39 is 11.9 Å². The second kappa shape index (κ2) is 5.29. The molecule has 1 saturated heterocycles. The number of rotatable bonds is 3. The van der Waals surface area contributed by atoms with Gasteiger partial charge < -0.3 is 10.0 Å². The largest absolute Gasteiger partial charge is 0.481 e. The summed E-state index contributed by atoms with van der Waals surface area (Å²) >= 11 is 0. The number of hydrogen-bond donors (Lipinski definition) is 1. The summed E-state index contributed by atoms with van der Waals surface area (Å²) in [6.07, 6.45) is 8.58. The maximum atomic E-state index is 12.9. The van der Waals surface area contributed by atoms with E-state index in [0.717, 1.165) is 19.4 Å². The lowest BCUT2D eigenvalue weighted by Crippen LogP contribution is -2.42. The fourth-order valence-electron chi connectivity index (χ4n) is 4.81. The van der Waals surface area contributed by atoms with Gasteiger partial charge in [-0.3, -0.25) is 9.59 Å². The van der Waals surface area contributed by atoms with Gasteiger partial charge in [0.15, 0.2) is 0 Å². The van der Waals surface area contributed by atoms with Crippen LogP contribution in [0.5, 0.6) is 0 Å². The van der Waals surface area contributed by atoms with E-state index in [0.29, 0.717) is 12.0 Å². The molecular formula is C17H27NO3. The van der Waals surface area contributed by atoms with Crippen molar-refractivity contribution in [3.63, 3.8) is 0 Å². The van der Waals surface area contributed by atoms with E-state index in [4.69, 9.17) is 0 Å². The summed E-state index contributed by atoms with van der Waals surface area (Å²) < 4.78 is 0. The minimum atomic E-state index is -0.813. The fourth-order valence-corrected chi connectivity index (χ4v) is 4.81. The van der Waals surface area contributed by atoms with Gasteiger partial charge in [-0.05, 0) is 37.0 Å². The summed E-state index contributed by atoms with van der Waals surface area (Å²) in [6, 6.07) is 0.378. The number of carbonyl (C=O) groups excluding carboxylic acids is 1. The summed E-state index contributed by atoms with van der Waals surface area (Å²) in [7, 11) is 0. The van der Waals surface area contributed by atoms with Gasteiger partial charge in [0.05, 0.1) is 11.8 Å². The zero-order valence-corrected chi connectivity index (χ0v) is 13.2. The number of carbonyl (C=O) groups is 2. The van der Waals surface area contributed by atoms with Gasteiger partial charge >= 0.3 is 5.97 Å². The SMILES string of the molecule is CC1(C)[C@H](C(=O)O)[C@@H]1C(=O)N1CCCC1C1CCCCC1. The van der Waals surface area contributed by atoms with Crippen molar-refractivity contribution in [2.24, 2.45) is 23.2 Å². The molecule has 0 aromatic heterocycles. The Balaban J connectivity index is 1.70. The van der Waals surface area contributed by atoms with E-state index in [-0.39, 0.29) is 17.2 Å². The summed E-state index contributed by atoms with van der Waals surface area (Å²) in [4.78, 5) is 26.2. The average Bonchev–Trinajstić information content (AvgIpc) is 2.84. The molecule has 2 aliphatic carbocycles. The minimum Gasteiger partial charge on any atom is -0.481 e. The molecule has 4 heteroatoms. The first-order valence-corrected chi connectivity index (χ1v) is 8.48. The van der Waals surface area contributed by atoms with Crippen LogP contribution in [0.3, 0.4) is 0 Å². The zero-order chi connectivity index (χ0) is 15.2. The molecule has 0 aromatic rings. The Morgan fingerprint density at radius 1 is 1.00 bits per heavy atom. The van der Waals surface area contributed by atoms with Crippen molar-refractivity contribution in [1.82, 2.24) is 4.90 Å². The van der Waals surface area contributed by atoms with Crippen molar-refractivity contribution >= 4 is 11.9 Å². The highest BCUT2D eigenvalue weighted by Crippen LogP contribution is 2.59. The minimum absolute atomic E-state index is 0.112. The quantitative estimate of drug-likeness (QED) is 0.870. The Labute approximate surface area is 126 Å². The molecule has 3 atom stereocenters. The first-order valence-electron chi connectivity index (χ1n) is 8.48. The molecule has 4 nitrogen and oxygen atoms in total. The lowest BCUT2D eigenvalue weighted by atomic mass is 9.83. The van der Waals surface area contributed by atoms with Gasteiger partial charge in [-0.15, -0.1) is 0 Å². The maximum Gasteiger partial charge on any atom is 0.307 e. The average molecular weight is 293 g/mol. The molecule has 1 N–H and O–H groups in total. The predicted octanol–water partition coefficient (Wildman–Crippen LogP) is 2.91. The van der Waals surface area contributed by atoms with Crippen molar-refractivity contribution in [2.75, 3.05) is 6.54 Å². The molecule has 1 unspecified atom stereocenters. The van der Waals surface area contributed by atoms with Crippen LogP contribution in [-0.4, -0.2) is 34.5 Å². The summed E-state index contributed by atoms with van der Waals surface area (Å²) in [6.45, 7) is 4.67. The monoisotopic (exact) mass is 293 g/mol. The molecule has 3 rings (SSSR count). The highest BCUT2D eigenvalue weighted by atomic mass is 16.4. The third-order valence-electron chi connectivity index (χ3n) is 6.14. The van der Waals surface area contributed by atoms with Crippen molar-refractivity contribution in [2.45, 2.75) is 64.8 Å². The molecule has 2 saturated carbocycles. The Morgan fingerprint density at radius 3 is 2.24 bits per heavy atom. The van der Waals surface area contributed by atoms with Crippen LogP contribution in [0.4, 0.5) is 0 Å². The molecule has 0 spiro atoms. The van der Waals surface area contributed by atoms with Gasteiger partial charge in [0.2, 0.25) is 5.91 Å². The predicted molar refractivity (Wildman–Crippen MR) is 79.7 cm³/mol. The van der Waals surface area contributed by atoms with Gasteiger partial charge in [-0.2, -0.15) is 0 Å². The molecule has 0 bridgehead atoms. The normalized spacial score (nSPS) is 35.7. The number of hydrogen-bond acceptors (Lipinski definition) is 2. The highest BCUT2D eigenvalue weighted by Gasteiger charge is 2.67. The number of aliphatic carboxylic acids is 1. The molecule has 3 fully saturated rings. The third-order valence-corrected chi connectivity index (χ3v) is 6.14. The molecule has 1 aliphatic heterocycles. The van der Waals surface area contributed by atoms with E-state index in [1.54, 1.807) is 0 Å². The first kappa shape index (κ1) is 14.9. The van der Waals surface area contributed by atoms with Crippen molar-refractivity contribution in [1.29, 1.82) is 0 Å². The van der Waals surface area contributed by atoms with Crippen LogP contribution in [0.25, 0.3) is 0 Å². The zero-order valence-electron chi connectivity index (χ0n) is 13.2.